The lowest BCUT2D eigenvalue weighted by Gasteiger charge is -2.34. The smallest absolute Gasteiger partial charge is 0.248 e. The third-order valence-electron chi connectivity index (χ3n) is 13.7. The van der Waals surface area contributed by atoms with E-state index in [4.69, 9.17) is 8.83 Å². The molecule has 1 aliphatic carbocycles. The minimum absolute atomic E-state index is 0.0245. The van der Waals surface area contributed by atoms with Crippen LogP contribution in [0.4, 0.5) is 0 Å². The van der Waals surface area contributed by atoms with Crippen molar-refractivity contribution in [2.45, 2.75) is 123 Å². The summed E-state index contributed by atoms with van der Waals surface area (Å²) in [4.78, 5) is 0. The average molecular weight is 859 g/mol. The van der Waals surface area contributed by atoms with Gasteiger partial charge in [0.1, 0.15) is 0 Å². The molecule has 330 valence electrons. The van der Waals surface area contributed by atoms with Gasteiger partial charge in [-0.15, -0.1) is 20.4 Å². The van der Waals surface area contributed by atoms with Gasteiger partial charge in [0.15, 0.2) is 0 Å². The van der Waals surface area contributed by atoms with Crippen molar-refractivity contribution >= 4 is 0 Å². The molecule has 0 saturated heterocycles. The zero-order valence-electron chi connectivity index (χ0n) is 38.7. The van der Waals surface area contributed by atoms with Gasteiger partial charge in [0.2, 0.25) is 23.6 Å². The maximum Gasteiger partial charge on any atom is 0.248 e. The van der Waals surface area contributed by atoms with Crippen LogP contribution in [0.5, 0.6) is 0 Å². The van der Waals surface area contributed by atoms with Crippen LogP contribution < -0.4 is 0 Å². The fourth-order valence-electron chi connectivity index (χ4n) is 10.2. The van der Waals surface area contributed by atoms with E-state index in [-0.39, 0.29) is 5.41 Å². The van der Waals surface area contributed by atoms with E-state index in [0.717, 1.165) is 22.3 Å². The molecule has 6 heteroatoms. The highest BCUT2D eigenvalue weighted by Crippen LogP contribution is 2.57. The molecule has 0 N–H and O–H groups in total. The average Bonchev–Trinajstić information content (AvgIpc) is 4.10. The number of hydrogen-bond acceptors (Lipinski definition) is 6. The SMILES string of the molecule is CCCCCCCCC1(CCCCCCCC)c2cc(C)c(-c3ccc(-c4nnc(-c5ccccc5)o4)cc3)cc2-c2cc(-c3ccc(-c4nnc(-c5ccccc5)o4)cc3)c(C)cc21. The third kappa shape index (κ3) is 9.40. The highest BCUT2D eigenvalue weighted by atomic mass is 16.4. The van der Waals surface area contributed by atoms with E-state index in [2.05, 4.69) is 121 Å². The maximum absolute atomic E-state index is 6.14. The molecule has 0 radical (unpaired) electrons. The van der Waals surface area contributed by atoms with Crippen molar-refractivity contribution in [1.29, 1.82) is 0 Å². The number of fused-ring (bicyclic) bond motifs is 3. The molecule has 0 fully saturated rings. The summed E-state index contributed by atoms with van der Waals surface area (Å²) in [6.45, 7) is 9.23. The Hall–Kier alpha value is -6.40. The Morgan fingerprint density at radius 3 is 1.05 bits per heavy atom. The quantitative estimate of drug-likeness (QED) is 0.0711. The first-order valence-electron chi connectivity index (χ1n) is 24.3. The Morgan fingerprint density at radius 2 is 0.677 bits per heavy atom. The molecule has 65 heavy (non-hydrogen) atoms. The molecule has 0 spiro atoms. The van der Waals surface area contributed by atoms with Crippen LogP contribution in [0.15, 0.2) is 142 Å². The van der Waals surface area contributed by atoms with Crippen molar-refractivity contribution < 1.29 is 8.83 Å². The van der Waals surface area contributed by atoms with E-state index in [9.17, 15) is 0 Å². The van der Waals surface area contributed by atoms with Crippen LogP contribution >= 0.6 is 0 Å². The normalized spacial score (nSPS) is 12.7. The molecule has 0 amide bonds. The second-order valence-corrected chi connectivity index (χ2v) is 18.3. The molecule has 0 saturated carbocycles. The minimum atomic E-state index is -0.0245. The van der Waals surface area contributed by atoms with Crippen molar-refractivity contribution in [3.63, 3.8) is 0 Å². The number of hydrogen-bond donors (Lipinski definition) is 0. The van der Waals surface area contributed by atoms with Crippen LogP contribution in [-0.4, -0.2) is 20.4 Å². The summed E-state index contributed by atoms with van der Waals surface area (Å²) in [7, 11) is 0. The molecule has 0 bridgehead atoms. The zero-order chi connectivity index (χ0) is 44.6. The predicted molar refractivity (Wildman–Crippen MR) is 266 cm³/mol. The van der Waals surface area contributed by atoms with Crippen molar-refractivity contribution in [1.82, 2.24) is 20.4 Å². The summed E-state index contributed by atoms with van der Waals surface area (Å²) in [5, 5.41) is 17.5. The van der Waals surface area contributed by atoms with Gasteiger partial charge in [-0.05, 0) is 143 Å². The minimum Gasteiger partial charge on any atom is -0.416 e. The zero-order valence-corrected chi connectivity index (χ0v) is 38.7. The van der Waals surface area contributed by atoms with Crippen molar-refractivity contribution in [3.8, 4) is 79.2 Å². The molecule has 8 aromatic rings. The van der Waals surface area contributed by atoms with Crippen LogP contribution in [0.2, 0.25) is 0 Å². The number of unbranched alkanes of at least 4 members (excludes halogenated alkanes) is 10. The van der Waals surface area contributed by atoms with Gasteiger partial charge < -0.3 is 8.83 Å². The Kier molecular flexibility index (Phi) is 13.6. The Labute approximate surface area is 385 Å². The second-order valence-electron chi connectivity index (χ2n) is 18.3. The molecule has 0 unspecified atom stereocenters. The molecular formula is C59H62N4O2. The molecule has 9 rings (SSSR count). The maximum atomic E-state index is 6.14. The van der Waals surface area contributed by atoms with Crippen molar-refractivity contribution in [3.05, 3.63) is 156 Å². The van der Waals surface area contributed by atoms with Gasteiger partial charge in [0.25, 0.3) is 0 Å². The topological polar surface area (TPSA) is 77.8 Å². The van der Waals surface area contributed by atoms with E-state index in [1.54, 1.807) is 0 Å². The number of aromatic nitrogens is 4. The lowest BCUT2D eigenvalue weighted by Crippen LogP contribution is -2.26. The molecule has 1 aliphatic rings. The number of rotatable bonds is 20. The van der Waals surface area contributed by atoms with Gasteiger partial charge >= 0.3 is 0 Å². The first kappa shape index (κ1) is 43.8. The van der Waals surface area contributed by atoms with E-state index < -0.39 is 0 Å². The van der Waals surface area contributed by atoms with E-state index in [0.29, 0.717) is 23.6 Å². The van der Waals surface area contributed by atoms with E-state index in [1.165, 1.54) is 146 Å². The Bertz CT molecular complexity index is 2610. The fourth-order valence-corrected chi connectivity index (χ4v) is 10.2. The van der Waals surface area contributed by atoms with Crippen molar-refractivity contribution in [2.75, 3.05) is 0 Å². The molecule has 2 aromatic heterocycles. The fraction of sp³-hybridized carbons (Fsp3) is 0.322. The summed E-state index contributed by atoms with van der Waals surface area (Å²) in [6.07, 6.45) is 17.9. The molecule has 6 aromatic carbocycles. The highest BCUT2D eigenvalue weighted by Gasteiger charge is 2.43. The number of benzene rings is 6. The first-order valence-corrected chi connectivity index (χ1v) is 24.3. The predicted octanol–water partition coefficient (Wildman–Crippen LogP) is 16.8. The lowest BCUT2D eigenvalue weighted by molar-refractivity contribution is 0.397. The van der Waals surface area contributed by atoms with Crippen LogP contribution in [0.1, 0.15) is 126 Å². The van der Waals surface area contributed by atoms with Gasteiger partial charge in [0.05, 0.1) is 0 Å². The second kappa shape index (κ2) is 20.2. The Morgan fingerprint density at radius 1 is 0.354 bits per heavy atom. The molecule has 6 nitrogen and oxygen atoms in total. The number of nitrogens with zero attached hydrogens (tertiary/aromatic N) is 4. The largest absolute Gasteiger partial charge is 0.416 e. The summed E-state index contributed by atoms with van der Waals surface area (Å²) in [6, 6.07) is 47.3. The number of aryl methyl sites for hydroxylation is 2. The summed E-state index contributed by atoms with van der Waals surface area (Å²) >= 11 is 0. The standard InChI is InChI=1S/C59H62N4O2/c1-5-7-9-11-13-21-35-59(36-22-14-12-10-8-6-2)53-37-41(3)49(43-27-31-47(32-28-43)57-62-60-55(64-57)45-23-17-15-18-24-45)39-51(53)52-40-50(42(4)38-54(52)59)44-29-33-48(34-30-44)58-63-61-56(65-58)46-25-19-16-20-26-46/h15-20,23-34,37-40H,5-14,21-22,35-36H2,1-4H3. The van der Waals surface area contributed by atoms with Crippen LogP contribution in [0, 0.1) is 13.8 Å². The molecule has 0 aliphatic heterocycles. The third-order valence-corrected chi connectivity index (χ3v) is 13.7. The van der Waals surface area contributed by atoms with E-state index in [1.807, 2.05) is 60.7 Å². The summed E-state index contributed by atoms with van der Waals surface area (Å²) in [5.74, 6) is 2.10. The van der Waals surface area contributed by atoms with Gasteiger partial charge in [0, 0.05) is 27.7 Å². The molecule has 2 heterocycles. The lowest BCUT2D eigenvalue weighted by atomic mass is 9.69. The summed E-state index contributed by atoms with van der Waals surface area (Å²) in [5.41, 5.74) is 16.9. The highest BCUT2D eigenvalue weighted by molar-refractivity contribution is 5.89. The van der Waals surface area contributed by atoms with Gasteiger partial charge in [-0.25, -0.2) is 0 Å². The summed E-state index contributed by atoms with van der Waals surface area (Å²) < 4.78 is 12.3. The van der Waals surface area contributed by atoms with Gasteiger partial charge in [-0.2, -0.15) is 0 Å². The molecule has 0 atom stereocenters. The monoisotopic (exact) mass is 858 g/mol. The Balaban J connectivity index is 1.09. The first-order chi connectivity index (χ1) is 32.0. The van der Waals surface area contributed by atoms with E-state index >= 15 is 0 Å². The molecular weight excluding hydrogens is 797 g/mol. The van der Waals surface area contributed by atoms with Crippen LogP contribution in [0.3, 0.4) is 0 Å². The van der Waals surface area contributed by atoms with Crippen LogP contribution in [-0.2, 0) is 5.41 Å². The van der Waals surface area contributed by atoms with Crippen LogP contribution in [0.25, 0.3) is 79.2 Å². The van der Waals surface area contributed by atoms with Gasteiger partial charge in [-0.1, -0.05) is 164 Å². The van der Waals surface area contributed by atoms with Crippen molar-refractivity contribution in [2.24, 2.45) is 0 Å². The van der Waals surface area contributed by atoms with Gasteiger partial charge in [-0.3, -0.25) is 0 Å².